The van der Waals surface area contributed by atoms with Crippen LogP contribution in [0.2, 0.25) is 0 Å². The number of azo groups is 1. The number of aromatic amines is 1. The smallest absolute Gasteiger partial charge is 0.744 e. The van der Waals surface area contributed by atoms with Gasteiger partial charge in [0.25, 0.3) is 15.6 Å². The topological polar surface area (TPSA) is 246 Å². The Morgan fingerprint density at radius 1 is 0.822 bits per heavy atom. The fourth-order valence-corrected chi connectivity index (χ4v) is 5.11. The number of rotatable bonds is 9. The number of aromatic carboxylic acids is 2. The van der Waals surface area contributed by atoms with Crippen LogP contribution in [0.3, 0.4) is 0 Å². The number of carbonyl (C=O) groups excluding carboxylic acids is 2. The van der Waals surface area contributed by atoms with Gasteiger partial charge in [-0.1, -0.05) is 13.5 Å². The zero-order chi connectivity index (χ0) is 30.1. The first-order chi connectivity index (χ1) is 19.2. The average molecular weight is 732 g/mol. The van der Waals surface area contributed by atoms with Crippen LogP contribution in [0.25, 0.3) is 5.69 Å². The first-order valence-corrected chi connectivity index (χ1v) is 14.1. The molecule has 0 saturated carbocycles. The van der Waals surface area contributed by atoms with Crippen LogP contribution in [0.4, 0.5) is 17.1 Å². The van der Waals surface area contributed by atoms with Gasteiger partial charge in [-0.3, -0.25) is 14.6 Å². The van der Waals surface area contributed by atoms with Crippen molar-refractivity contribution in [2.45, 2.75) is 24.1 Å². The summed E-state index contributed by atoms with van der Waals surface area (Å²) in [4.78, 5) is 34.4. The Labute approximate surface area is 385 Å². The van der Waals surface area contributed by atoms with E-state index < -0.39 is 53.7 Å². The summed E-state index contributed by atoms with van der Waals surface area (Å²) in [5.41, 5.74) is -1.91. The van der Waals surface area contributed by atoms with Crippen molar-refractivity contribution in [2.24, 2.45) is 10.2 Å². The summed E-state index contributed by atoms with van der Waals surface area (Å²) < 4.78 is 62.4. The van der Waals surface area contributed by atoms with Crippen LogP contribution in [-0.4, -0.2) is 43.1 Å². The van der Waals surface area contributed by atoms with Gasteiger partial charge in [0.1, 0.15) is 10.1 Å². The zero-order valence-electron chi connectivity index (χ0n) is 23.6. The molecule has 4 rings (SSSR count). The molecule has 0 aliphatic carbocycles. The second-order valence-electron chi connectivity index (χ2n) is 8.35. The second kappa shape index (κ2) is 18.5. The molecule has 0 radical (unpaired) electrons. The van der Waals surface area contributed by atoms with Gasteiger partial charge < -0.3 is 24.4 Å². The summed E-state index contributed by atoms with van der Waals surface area (Å²) in [5, 5.41) is 32.9. The largest absolute Gasteiger partial charge is 1.00 e. The van der Waals surface area contributed by atoms with Crippen LogP contribution in [0.15, 0.2) is 91.5 Å². The number of H-pyrrole nitrogens is 1. The summed E-state index contributed by atoms with van der Waals surface area (Å²) in [7, 11) is -9.06. The molecule has 20 heteroatoms. The van der Waals surface area contributed by atoms with Gasteiger partial charge in [-0.05, 0) is 78.7 Å². The summed E-state index contributed by atoms with van der Waals surface area (Å²) in [6, 6.07) is 12.0. The molecule has 220 valence electrons. The fourth-order valence-electron chi connectivity index (χ4n) is 3.56. The van der Waals surface area contributed by atoms with E-state index in [1.165, 1.54) is 37.3 Å². The molecule has 0 spiro atoms. The Hall–Kier alpha value is -0.221. The molecule has 1 heterocycles. The van der Waals surface area contributed by atoms with E-state index in [0.29, 0.717) is 0 Å². The van der Waals surface area contributed by atoms with E-state index in [1.807, 2.05) is 0 Å². The number of aryl methyl sites for hydroxylation is 1. The van der Waals surface area contributed by atoms with Crippen LogP contribution in [0.1, 0.15) is 33.8 Å². The molecule has 0 saturated heterocycles. The van der Waals surface area contributed by atoms with E-state index in [2.05, 4.69) is 20.0 Å². The second-order valence-corrected chi connectivity index (χ2v) is 11.4. The normalized spacial score (nSPS) is 10.9. The molecule has 3 aromatic carbocycles. The van der Waals surface area contributed by atoms with Crippen molar-refractivity contribution >= 4 is 49.1 Å². The maximum atomic E-state index is 12.9. The molecule has 0 fully saturated rings. The maximum absolute atomic E-state index is 12.9. The van der Waals surface area contributed by atoms with Crippen molar-refractivity contribution in [3.63, 3.8) is 0 Å². The molecule has 0 aliphatic rings. The van der Waals surface area contributed by atoms with Gasteiger partial charge in [0.15, 0.2) is 5.69 Å². The van der Waals surface area contributed by atoms with Crippen molar-refractivity contribution in [3.8, 4) is 5.69 Å². The first-order valence-electron chi connectivity index (χ1n) is 11.2. The number of carboxylic acids is 2. The Bertz CT molecular complexity index is 1980. The Morgan fingerprint density at radius 2 is 1.38 bits per heavy atom. The van der Waals surface area contributed by atoms with E-state index in [9.17, 15) is 46.0 Å². The minimum absolute atomic E-state index is 0. The third-order valence-corrected chi connectivity index (χ3v) is 7.70. The van der Waals surface area contributed by atoms with E-state index in [-0.39, 0.29) is 195 Å². The molecule has 0 amide bonds. The molecular weight excluding hydrogens is 712 g/mol. The standard InChI is InChI=1S/C24H19N5O10S2.CH4.3K/c1-13-21(22(30)29(27-13)18-5-7-19(8-6-18)41(37,38)39)26-25-16-3-2-4-20(12-16)40(35,36)28-17-10-14(23(31)32)9-15(11-17)24(33)34;;;;/h2-12,27-28H,1H3,(H,31,32)(H,33,34)(H,37,38,39);1H4;;;/q;;3*+1/p-3. The van der Waals surface area contributed by atoms with Crippen molar-refractivity contribution in [1.82, 2.24) is 9.78 Å². The quantitative estimate of drug-likeness (QED) is 0.0935. The Kier molecular flexibility index (Phi) is 18.4. The molecule has 1 aromatic heterocycles. The molecular formula is C25H20K3N5O10S2. The number of anilines is 1. The zero-order valence-corrected chi connectivity index (χ0v) is 34.6. The number of carbonyl (C=O) groups is 2. The van der Waals surface area contributed by atoms with Gasteiger partial charge >= 0.3 is 154 Å². The number of hydrogen-bond acceptors (Lipinski definition) is 12. The molecule has 45 heavy (non-hydrogen) atoms. The van der Waals surface area contributed by atoms with Crippen LogP contribution in [0, 0.1) is 6.92 Å². The molecule has 2 N–H and O–H groups in total. The molecule has 0 atom stereocenters. The summed E-state index contributed by atoms with van der Waals surface area (Å²) in [6.45, 7) is 1.51. The molecule has 0 aliphatic heterocycles. The number of benzene rings is 3. The van der Waals surface area contributed by atoms with E-state index in [1.54, 1.807) is 0 Å². The minimum Gasteiger partial charge on any atom is -0.744 e. The monoisotopic (exact) mass is 731 g/mol. The van der Waals surface area contributed by atoms with Gasteiger partial charge in [0.2, 0.25) is 0 Å². The van der Waals surface area contributed by atoms with Crippen molar-refractivity contribution in [2.75, 3.05) is 4.72 Å². The van der Waals surface area contributed by atoms with Crippen LogP contribution in [0.5, 0.6) is 0 Å². The SMILES string of the molecule is C.Cc1[nH]n(-c2ccc(S(=O)(=O)[O-])cc2)c(=O)c1N=Nc1cccc(S(=O)(=O)Nc2cc(C(=O)[O-])cc(C(=O)[O-])c2)c1.[K+].[K+].[K+]. The van der Waals surface area contributed by atoms with Gasteiger partial charge in [0.05, 0.1) is 44.5 Å². The number of aromatic nitrogens is 2. The molecule has 0 bridgehead atoms. The van der Waals surface area contributed by atoms with Crippen molar-refractivity contribution in [1.29, 1.82) is 0 Å². The van der Waals surface area contributed by atoms with E-state index >= 15 is 0 Å². The van der Waals surface area contributed by atoms with Crippen LogP contribution >= 0.6 is 0 Å². The summed E-state index contributed by atoms with van der Waals surface area (Å²) in [6.07, 6.45) is 0. The molecule has 0 unspecified atom stereocenters. The van der Waals surface area contributed by atoms with Gasteiger partial charge in [-0.15, -0.1) is 5.11 Å². The molecule has 4 aromatic rings. The van der Waals surface area contributed by atoms with Crippen LogP contribution in [-0.2, 0) is 20.1 Å². The number of hydrogen-bond donors (Lipinski definition) is 2. The summed E-state index contributed by atoms with van der Waals surface area (Å²) in [5.74, 6) is -3.47. The third kappa shape index (κ3) is 11.4. The fraction of sp³-hybridized carbons (Fsp3) is 0.0800. The third-order valence-electron chi connectivity index (χ3n) is 5.47. The van der Waals surface area contributed by atoms with Gasteiger partial charge in [0, 0.05) is 0 Å². The number of nitrogens with zero attached hydrogens (tertiary/aromatic N) is 3. The number of carboxylic acid groups (broad SMARTS) is 2. The number of nitrogens with one attached hydrogen (secondary N) is 2. The number of sulfonamides is 1. The van der Waals surface area contributed by atoms with E-state index in [4.69, 9.17) is 0 Å². The van der Waals surface area contributed by atoms with Crippen molar-refractivity contribution in [3.05, 3.63) is 93.9 Å². The van der Waals surface area contributed by atoms with Crippen molar-refractivity contribution < 1.29 is 195 Å². The average Bonchev–Trinajstić information content (AvgIpc) is 3.19. The Balaban J connectivity index is 0.00000484. The van der Waals surface area contributed by atoms with Gasteiger partial charge in [-0.25, -0.2) is 21.5 Å². The first kappa shape index (κ1) is 44.8. The maximum Gasteiger partial charge on any atom is 1.00 e. The summed E-state index contributed by atoms with van der Waals surface area (Å²) >= 11 is 0. The predicted octanol–water partition coefficient (Wildman–Crippen LogP) is -8.03. The minimum atomic E-state index is -4.68. The predicted molar refractivity (Wildman–Crippen MR) is 142 cm³/mol. The van der Waals surface area contributed by atoms with E-state index in [0.717, 1.165) is 41.1 Å². The van der Waals surface area contributed by atoms with Gasteiger partial charge in [-0.2, -0.15) is 5.11 Å². The van der Waals surface area contributed by atoms with Crippen LogP contribution < -0.4 is 175 Å². The Morgan fingerprint density at radius 3 is 1.89 bits per heavy atom. The molecule has 15 nitrogen and oxygen atoms in total.